The molecule has 0 aliphatic carbocycles. The van der Waals surface area contributed by atoms with Gasteiger partial charge in [0.1, 0.15) is 97.7 Å². The molecule has 4 heterocycles. The lowest BCUT2D eigenvalue weighted by Gasteiger charge is -2.49. The Morgan fingerprint density at radius 1 is 0.519 bits per heavy atom. The summed E-state index contributed by atoms with van der Waals surface area (Å²) in [6.07, 6.45) is -44.8. The van der Waals surface area contributed by atoms with Crippen molar-refractivity contribution in [3.8, 4) is 0 Å². The number of hydrogen-bond acceptors (Lipinski definition) is 23. The Hall–Kier alpha value is -1.41. The van der Waals surface area contributed by atoms with E-state index in [1.807, 2.05) is 0 Å². The van der Waals surface area contributed by atoms with Gasteiger partial charge in [0.2, 0.25) is 0 Å². The number of carboxylic acids is 1. The van der Waals surface area contributed by atoms with Crippen LogP contribution in [0.5, 0.6) is 0 Å². The average Bonchev–Trinajstić information content (AvgIpc) is 3.14. The van der Waals surface area contributed by atoms with Crippen molar-refractivity contribution in [1.29, 1.82) is 0 Å². The first-order valence-electron chi connectivity index (χ1n) is 17.1. The zero-order chi connectivity index (χ0) is 40.5. The molecule has 0 saturated carbocycles. The Kier molecular flexibility index (Phi) is 15.9. The Balaban J connectivity index is 1.65. The number of carbonyl (C=O) groups is 1. The van der Waals surface area contributed by atoms with Gasteiger partial charge in [-0.25, -0.2) is 4.79 Å². The lowest BCUT2D eigenvalue weighted by Crippen LogP contribution is -2.67. The Bertz CT molecular complexity index is 1190. The first kappa shape index (κ1) is 45.3. The van der Waals surface area contributed by atoms with Gasteiger partial charge in [-0.3, -0.25) is 0 Å². The van der Waals surface area contributed by atoms with Crippen LogP contribution in [-0.4, -0.2) is 243 Å². The highest BCUT2D eigenvalue weighted by atomic mass is 16.8. The average molecular weight is 797 g/mol. The number of carboxylic acid groups (broad SMARTS) is 1. The van der Waals surface area contributed by atoms with Crippen molar-refractivity contribution in [3.05, 3.63) is 0 Å². The summed E-state index contributed by atoms with van der Waals surface area (Å²) < 4.78 is 45.2. The summed E-state index contributed by atoms with van der Waals surface area (Å²) in [5, 5.41) is 156. The van der Waals surface area contributed by atoms with Crippen LogP contribution in [0.1, 0.15) is 20.8 Å². The lowest BCUT2D eigenvalue weighted by molar-refractivity contribution is -0.404. The summed E-state index contributed by atoms with van der Waals surface area (Å²) in [5.74, 6) is -1.76. The summed E-state index contributed by atoms with van der Waals surface area (Å²) in [5.41, 5.74) is 0. The molecule has 4 rings (SSSR count). The molecule has 0 spiro atoms. The third kappa shape index (κ3) is 9.47. The van der Waals surface area contributed by atoms with E-state index in [1.165, 1.54) is 20.8 Å². The van der Waals surface area contributed by atoms with E-state index in [4.69, 9.17) is 37.9 Å². The normalized spacial score (nSPS) is 48.5. The molecule has 0 aromatic carbocycles. The smallest absolute Gasteiger partial charge is 0.335 e. The maximum Gasteiger partial charge on any atom is 0.335 e. The van der Waals surface area contributed by atoms with E-state index in [9.17, 15) is 81.4 Å². The Labute approximate surface area is 306 Å². The zero-order valence-corrected chi connectivity index (χ0v) is 29.2. The summed E-state index contributed by atoms with van der Waals surface area (Å²) in [4.78, 5) is 11.6. The molecule has 24 atom stereocenters. The molecule has 24 heteroatoms. The number of aliphatic hydroxyl groups excluding tert-OH is 14. The standard InChI is InChI=1S/C30H52O24/c1-6-12(36)17(41)24(28(47-6)50-21(10(34)5-32)14(38)9(33)4-31)53-30-25(18(42)13(37)8(3)49-30)54-29-23(16(40)11(35)7(2)48-29)52-27-20(44)15(39)19(43)22(51-27)26(45)46/h6-25,27-44H,4-5H2,1-3H3,(H,45,46)/t6-,7-,8-,9+,10-,11-,12-,13-,14-,15-,16+,17+,18+,19-,20+,21+,22-,23+,24+,25+,27-,28-,29-,30-/m0/s1. The fourth-order valence-electron chi connectivity index (χ4n) is 6.38. The molecule has 54 heavy (non-hydrogen) atoms. The van der Waals surface area contributed by atoms with Crippen molar-refractivity contribution in [2.24, 2.45) is 0 Å². The molecule has 0 unspecified atom stereocenters. The van der Waals surface area contributed by atoms with Crippen LogP contribution in [0, 0.1) is 0 Å². The van der Waals surface area contributed by atoms with Gasteiger partial charge in [-0.1, -0.05) is 0 Å². The maximum absolute atomic E-state index is 11.6. The van der Waals surface area contributed by atoms with Gasteiger partial charge in [-0.15, -0.1) is 0 Å². The topological polar surface area (TPSA) is 394 Å². The van der Waals surface area contributed by atoms with Crippen molar-refractivity contribution in [2.75, 3.05) is 13.2 Å². The van der Waals surface area contributed by atoms with Crippen molar-refractivity contribution >= 4 is 5.97 Å². The van der Waals surface area contributed by atoms with Crippen molar-refractivity contribution < 1.29 is 119 Å². The molecule has 316 valence electrons. The van der Waals surface area contributed by atoms with E-state index in [0.717, 1.165) is 0 Å². The van der Waals surface area contributed by atoms with Crippen LogP contribution in [0.2, 0.25) is 0 Å². The first-order valence-corrected chi connectivity index (χ1v) is 17.1. The number of ether oxygens (including phenoxy) is 8. The summed E-state index contributed by atoms with van der Waals surface area (Å²) >= 11 is 0. The molecule has 4 aliphatic heterocycles. The Morgan fingerprint density at radius 3 is 1.31 bits per heavy atom. The predicted octanol–water partition coefficient (Wildman–Crippen LogP) is -9.11. The van der Waals surface area contributed by atoms with Crippen LogP contribution in [0.3, 0.4) is 0 Å². The molecule has 0 bridgehead atoms. The molecule has 4 saturated heterocycles. The van der Waals surface area contributed by atoms with Gasteiger partial charge in [0.15, 0.2) is 31.3 Å². The molecule has 15 N–H and O–H groups in total. The summed E-state index contributed by atoms with van der Waals surface area (Å²) in [6.45, 7) is 1.83. The largest absolute Gasteiger partial charge is 0.479 e. The fourth-order valence-corrected chi connectivity index (χ4v) is 6.38. The molecule has 0 aromatic heterocycles. The molecule has 0 aromatic rings. The highest BCUT2D eigenvalue weighted by Gasteiger charge is 2.56. The second-order valence-corrected chi connectivity index (χ2v) is 13.7. The van der Waals surface area contributed by atoms with Gasteiger partial charge in [0.25, 0.3) is 0 Å². The molecule has 4 fully saturated rings. The minimum Gasteiger partial charge on any atom is -0.479 e. The maximum atomic E-state index is 11.6. The Morgan fingerprint density at radius 2 is 0.907 bits per heavy atom. The van der Waals surface area contributed by atoms with Crippen molar-refractivity contribution in [3.63, 3.8) is 0 Å². The van der Waals surface area contributed by atoms with Crippen LogP contribution in [0.15, 0.2) is 0 Å². The summed E-state index contributed by atoms with van der Waals surface area (Å²) in [6, 6.07) is 0. The number of aliphatic hydroxyl groups is 14. The van der Waals surface area contributed by atoms with E-state index in [1.54, 1.807) is 0 Å². The summed E-state index contributed by atoms with van der Waals surface area (Å²) in [7, 11) is 0. The monoisotopic (exact) mass is 796 g/mol. The third-order valence-corrected chi connectivity index (χ3v) is 9.82. The van der Waals surface area contributed by atoms with Crippen LogP contribution in [0.25, 0.3) is 0 Å². The molecular formula is C30H52O24. The van der Waals surface area contributed by atoms with Crippen LogP contribution < -0.4 is 0 Å². The first-order chi connectivity index (χ1) is 25.2. The minimum absolute atomic E-state index is 1.01. The number of hydrogen-bond donors (Lipinski definition) is 15. The fraction of sp³-hybridized carbons (Fsp3) is 0.967. The molecule has 4 aliphatic rings. The van der Waals surface area contributed by atoms with E-state index in [0.29, 0.717) is 0 Å². The van der Waals surface area contributed by atoms with E-state index in [2.05, 4.69) is 0 Å². The van der Waals surface area contributed by atoms with Gasteiger partial charge >= 0.3 is 5.97 Å². The van der Waals surface area contributed by atoms with E-state index >= 15 is 0 Å². The minimum atomic E-state index is -2.14. The molecule has 0 radical (unpaired) electrons. The van der Waals surface area contributed by atoms with Crippen LogP contribution in [-0.2, 0) is 42.7 Å². The number of rotatable bonds is 14. The third-order valence-electron chi connectivity index (χ3n) is 9.82. The van der Waals surface area contributed by atoms with Gasteiger partial charge in [0.05, 0.1) is 31.5 Å². The van der Waals surface area contributed by atoms with Crippen LogP contribution >= 0.6 is 0 Å². The highest BCUT2D eigenvalue weighted by molar-refractivity contribution is 5.73. The van der Waals surface area contributed by atoms with Crippen molar-refractivity contribution in [2.45, 2.75) is 168 Å². The molecule has 24 nitrogen and oxygen atoms in total. The van der Waals surface area contributed by atoms with Gasteiger partial charge in [-0.2, -0.15) is 0 Å². The highest BCUT2D eigenvalue weighted by Crippen LogP contribution is 2.35. The molecular weight excluding hydrogens is 744 g/mol. The molecule has 0 amide bonds. The van der Waals surface area contributed by atoms with Crippen LogP contribution in [0.4, 0.5) is 0 Å². The predicted molar refractivity (Wildman–Crippen MR) is 165 cm³/mol. The number of aliphatic carboxylic acids is 1. The lowest BCUT2D eigenvalue weighted by atomic mass is 9.96. The van der Waals surface area contributed by atoms with Gasteiger partial charge < -0.3 is 114 Å². The zero-order valence-electron chi connectivity index (χ0n) is 29.2. The second-order valence-electron chi connectivity index (χ2n) is 13.7. The van der Waals surface area contributed by atoms with Crippen molar-refractivity contribution in [1.82, 2.24) is 0 Å². The van der Waals surface area contributed by atoms with Gasteiger partial charge in [-0.05, 0) is 20.8 Å². The quantitative estimate of drug-likeness (QED) is 0.0776. The second kappa shape index (κ2) is 18.9. The van der Waals surface area contributed by atoms with Gasteiger partial charge in [0, 0.05) is 0 Å². The SMILES string of the molecule is C[C@@H]1O[C@@H](O[C@H]2[C@H](O[C@H]3[C@H](O[C@@H]([C@@H](O)[C@H](O)CO)[C@@H](O)CO)O[C@@H](C)[C@H](O)[C@H]3O)O[C@@H](C)[C@H](O)[C@H]2O)[C@H](O[C@@H]2O[C@H](C(=O)O)[C@@H](O)[C@H](O)[C@H]2O)[C@H](O)[C@H]1O. The van der Waals surface area contributed by atoms with E-state index in [-0.39, 0.29) is 0 Å². The van der Waals surface area contributed by atoms with E-state index < -0.39 is 166 Å².